The summed E-state index contributed by atoms with van der Waals surface area (Å²) in [5.74, 6) is -0.236. The van der Waals surface area contributed by atoms with Gasteiger partial charge in [-0.25, -0.2) is 4.79 Å². The molecular weight excluding hydrogens is 238 g/mol. The van der Waals surface area contributed by atoms with E-state index in [0.717, 1.165) is 0 Å². The molecule has 1 unspecified atom stereocenters. The van der Waals surface area contributed by atoms with Crippen molar-refractivity contribution in [2.24, 2.45) is 0 Å². The molecule has 7 nitrogen and oxygen atoms in total. The van der Waals surface area contributed by atoms with Crippen LogP contribution in [0.3, 0.4) is 0 Å². The summed E-state index contributed by atoms with van der Waals surface area (Å²) in [6.07, 6.45) is 0. The van der Waals surface area contributed by atoms with Crippen molar-refractivity contribution >= 4 is 17.8 Å². The third kappa shape index (κ3) is 3.76. The maximum Gasteiger partial charge on any atom is 0.325 e. The lowest BCUT2D eigenvalue weighted by Gasteiger charge is -2.12. The van der Waals surface area contributed by atoms with Crippen molar-refractivity contribution in [2.75, 3.05) is 5.32 Å². The van der Waals surface area contributed by atoms with E-state index in [1.54, 1.807) is 6.07 Å². The van der Waals surface area contributed by atoms with Crippen molar-refractivity contribution in [2.45, 2.75) is 39.2 Å². The molecule has 0 bridgehead atoms. The van der Waals surface area contributed by atoms with Crippen LogP contribution in [-0.4, -0.2) is 28.3 Å². The van der Waals surface area contributed by atoms with Crippen LogP contribution >= 0.6 is 0 Å². The van der Waals surface area contributed by atoms with E-state index in [0.29, 0.717) is 5.76 Å². The maximum absolute atomic E-state index is 11.4. The van der Waals surface area contributed by atoms with Gasteiger partial charge in [0.1, 0.15) is 11.8 Å². The number of anilines is 1. The molecule has 0 saturated carbocycles. The summed E-state index contributed by atoms with van der Waals surface area (Å²) in [6.45, 7) is 7.21. The fraction of sp³-hybridized carbons (Fsp3) is 0.545. The SMILES string of the molecule is CC(NC(=O)Nc1cc(C(C)(C)C)on1)C(=O)O. The summed E-state index contributed by atoms with van der Waals surface area (Å²) < 4.78 is 5.07. The molecule has 0 fully saturated rings. The number of urea groups is 1. The van der Waals surface area contributed by atoms with Crippen molar-refractivity contribution in [3.8, 4) is 0 Å². The second-order valence-corrected chi connectivity index (χ2v) is 4.98. The minimum Gasteiger partial charge on any atom is -0.480 e. The van der Waals surface area contributed by atoms with Crippen LogP contribution < -0.4 is 10.6 Å². The number of hydrogen-bond acceptors (Lipinski definition) is 4. The molecule has 0 aliphatic heterocycles. The number of amides is 2. The smallest absolute Gasteiger partial charge is 0.325 e. The highest BCUT2D eigenvalue weighted by atomic mass is 16.5. The van der Waals surface area contributed by atoms with Gasteiger partial charge < -0.3 is 14.9 Å². The number of nitrogens with one attached hydrogen (secondary N) is 2. The molecule has 1 atom stereocenters. The zero-order valence-electron chi connectivity index (χ0n) is 10.8. The zero-order chi connectivity index (χ0) is 13.9. The number of carboxylic acid groups (broad SMARTS) is 1. The first-order chi connectivity index (χ1) is 8.20. The van der Waals surface area contributed by atoms with Crippen LogP contribution in [0.25, 0.3) is 0 Å². The predicted molar refractivity (Wildman–Crippen MR) is 64.5 cm³/mol. The fourth-order valence-electron chi connectivity index (χ4n) is 1.10. The van der Waals surface area contributed by atoms with E-state index in [1.165, 1.54) is 6.92 Å². The lowest BCUT2D eigenvalue weighted by Crippen LogP contribution is -2.40. The van der Waals surface area contributed by atoms with E-state index in [4.69, 9.17) is 9.63 Å². The topological polar surface area (TPSA) is 104 Å². The van der Waals surface area contributed by atoms with Crippen LogP contribution in [0.15, 0.2) is 10.6 Å². The fourth-order valence-corrected chi connectivity index (χ4v) is 1.10. The molecular formula is C11H17N3O4. The number of carbonyl (C=O) groups is 2. The number of carbonyl (C=O) groups excluding carboxylic acids is 1. The number of aliphatic carboxylic acids is 1. The van der Waals surface area contributed by atoms with E-state index in [9.17, 15) is 9.59 Å². The Bertz CT molecular complexity index is 447. The van der Waals surface area contributed by atoms with Crippen molar-refractivity contribution in [1.82, 2.24) is 10.5 Å². The molecule has 0 aliphatic carbocycles. The Hall–Kier alpha value is -2.05. The Labute approximate surface area is 105 Å². The van der Waals surface area contributed by atoms with E-state index in [-0.39, 0.29) is 11.2 Å². The molecule has 100 valence electrons. The standard InChI is InChI=1S/C11H17N3O4/c1-6(9(15)16)12-10(17)13-8-5-7(18-14-8)11(2,3)4/h5-6H,1-4H3,(H,15,16)(H2,12,13,14,17). The minimum atomic E-state index is -1.11. The van der Waals surface area contributed by atoms with E-state index >= 15 is 0 Å². The van der Waals surface area contributed by atoms with Crippen LogP contribution in [0.1, 0.15) is 33.5 Å². The van der Waals surface area contributed by atoms with Crippen LogP contribution in [0.2, 0.25) is 0 Å². The highest BCUT2D eigenvalue weighted by Crippen LogP contribution is 2.24. The molecule has 1 aromatic heterocycles. The summed E-state index contributed by atoms with van der Waals surface area (Å²) >= 11 is 0. The Kier molecular flexibility index (Phi) is 3.95. The zero-order valence-corrected chi connectivity index (χ0v) is 10.8. The van der Waals surface area contributed by atoms with E-state index < -0.39 is 18.0 Å². The van der Waals surface area contributed by atoms with Gasteiger partial charge in [-0.1, -0.05) is 25.9 Å². The summed E-state index contributed by atoms with van der Waals surface area (Å²) in [6, 6.07) is -0.0111. The van der Waals surface area contributed by atoms with Gasteiger partial charge in [0.25, 0.3) is 0 Å². The largest absolute Gasteiger partial charge is 0.480 e. The first-order valence-electron chi connectivity index (χ1n) is 5.47. The third-order valence-electron chi connectivity index (χ3n) is 2.21. The maximum atomic E-state index is 11.4. The molecule has 18 heavy (non-hydrogen) atoms. The van der Waals surface area contributed by atoms with Crippen molar-refractivity contribution in [1.29, 1.82) is 0 Å². The monoisotopic (exact) mass is 255 g/mol. The third-order valence-corrected chi connectivity index (χ3v) is 2.21. The van der Waals surface area contributed by atoms with Gasteiger partial charge in [0.2, 0.25) is 0 Å². The summed E-state index contributed by atoms with van der Waals surface area (Å²) in [7, 11) is 0. The lowest BCUT2D eigenvalue weighted by atomic mass is 9.93. The van der Waals surface area contributed by atoms with Crippen LogP contribution in [0.5, 0.6) is 0 Å². The quantitative estimate of drug-likeness (QED) is 0.760. The highest BCUT2D eigenvalue weighted by Gasteiger charge is 2.21. The Morgan fingerprint density at radius 1 is 1.44 bits per heavy atom. The Balaban J connectivity index is 2.60. The van der Waals surface area contributed by atoms with Crippen LogP contribution in [-0.2, 0) is 10.2 Å². The number of nitrogens with zero attached hydrogens (tertiary/aromatic N) is 1. The first-order valence-corrected chi connectivity index (χ1v) is 5.47. The normalized spacial score (nSPS) is 12.9. The first kappa shape index (κ1) is 14.0. The minimum absolute atomic E-state index is 0.211. The Morgan fingerprint density at radius 3 is 2.50 bits per heavy atom. The molecule has 0 spiro atoms. The van der Waals surface area contributed by atoms with Gasteiger partial charge in [0.15, 0.2) is 5.82 Å². The van der Waals surface area contributed by atoms with Crippen molar-refractivity contribution < 1.29 is 19.2 Å². The van der Waals surface area contributed by atoms with Gasteiger partial charge in [-0.3, -0.25) is 10.1 Å². The summed E-state index contributed by atoms with van der Waals surface area (Å²) in [4.78, 5) is 22.0. The molecule has 0 aliphatic rings. The van der Waals surface area contributed by atoms with Crippen LogP contribution in [0, 0.1) is 0 Å². The molecule has 1 rings (SSSR count). The highest BCUT2D eigenvalue weighted by molar-refractivity contribution is 5.91. The van der Waals surface area contributed by atoms with Gasteiger partial charge >= 0.3 is 12.0 Å². The second kappa shape index (κ2) is 5.07. The summed E-state index contributed by atoms with van der Waals surface area (Å²) in [5, 5.41) is 17.0. The van der Waals surface area contributed by atoms with Crippen molar-refractivity contribution in [3.63, 3.8) is 0 Å². The molecule has 1 aromatic rings. The predicted octanol–water partition coefficient (Wildman–Crippen LogP) is 1.57. The Morgan fingerprint density at radius 2 is 2.06 bits per heavy atom. The molecule has 1 heterocycles. The number of rotatable bonds is 3. The number of hydrogen-bond donors (Lipinski definition) is 3. The van der Waals surface area contributed by atoms with E-state index in [1.807, 2.05) is 20.8 Å². The van der Waals surface area contributed by atoms with Gasteiger partial charge in [0, 0.05) is 11.5 Å². The average Bonchev–Trinajstić information content (AvgIpc) is 2.64. The summed E-state index contributed by atoms with van der Waals surface area (Å²) in [5.41, 5.74) is -0.211. The molecule has 7 heteroatoms. The molecule has 2 amide bonds. The number of carboxylic acids is 1. The lowest BCUT2D eigenvalue weighted by molar-refractivity contribution is -0.138. The van der Waals surface area contributed by atoms with Gasteiger partial charge in [0.05, 0.1) is 0 Å². The molecule has 0 saturated heterocycles. The van der Waals surface area contributed by atoms with Crippen molar-refractivity contribution in [3.05, 3.63) is 11.8 Å². The molecule has 3 N–H and O–H groups in total. The number of aromatic nitrogens is 1. The molecule has 0 aromatic carbocycles. The van der Waals surface area contributed by atoms with Gasteiger partial charge in [-0.05, 0) is 6.92 Å². The average molecular weight is 255 g/mol. The van der Waals surface area contributed by atoms with Crippen LogP contribution in [0.4, 0.5) is 10.6 Å². The molecule has 0 radical (unpaired) electrons. The van der Waals surface area contributed by atoms with Gasteiger partial charge in [-0.2, -0.15) is 0 Å². The van der Waals surface area contributed by atoms with Gasteiger partial charge in [-0.15, -0.1) is 0 Å². The van der Waals surface area contributed by atoms with E-state index in [2.05, 4.69) is 15.8 Å². The second-order valence-electron chi connectivity index (χ2n) is 4.98.